The molecule has 0 aliphatic rings. The molecule has 0 aliphatic heterocycles. The lowest BCUT2D eigenvalue weighted by atomic mass is 10.2. The smallest absolute Gasteiger partial charge is 0.271 e. The van der Waals surface area contributed by atoms with E-state index < -0.39 is 0 Å². The first-order valence-electron chi connectivity index (χ1n) is 7.83. The molecule has 0 aliphatic carbocycles. The van der Waals surface area contributed by atoms with Crippen LogP contribution in [0.2, 0.25) is 0 Å². The topological polar surface area (TPSA) is 96.0 Å². The highest BCUT2D eigenvalue weighted by Crippen LogP contribution is 2.18. The molecule has 3 N–H and O–H groups in total. The van der Waals surface area contributed by atoms with Crippen molar-refractivity contribution in [2.75, 3.05) is 17.2 Å². The van der Waals surface area contributed by atoms with Crippen molar-refractivity contribution in [3.8, 4) is 0 Å². The van der Waals surface area contributed by atoms with Crippen molar-refractivity contribution in [3.05, 3.63) is 42.4 Å². The number of carbonyl (C=O) groups excluding carboxylic acids is 2. The Labute approximate surface area is 140 Å². The molecule has 7 nitrogen and oxygen atoms in total. The molecule has 126 valence electrons. The molecular weight excluding hydrogens is 306 g/mol. The molecule has 2 aromatic rings. The SMILES string of the molecule is CCCCNC(=O)c1cnc(Nc2cccc(NC(C)=O)c2)cn1. The maximum atomic E-state index is 11.9. The number of anilines is 3. The Morgan fingerprint density at radius 3 is 2.58 bits per heavy atom. The third kappa shape index (κ3) is 5.35. The molecule has 1 aromatic heterocycles. The van der Waals surface area contributed by atoms with Crippen LogP contribution in [0.5, 0.6) is 0 Å². The van der Waals surface area contributed by atoms with Crippen LogP contribution < -0.4 is 16.0 Å². The van der Waals surface area contributed by atoms with E-state index in [0.29, 0.717) is 18.1 Å². The van der Waals surface area contributed by atoms with E-state index >= 15 is 0 Å². The van der Waals surface area contributed by atoms with Gasteiger partial charge in [-0.1, -0.05) is 19.4 Å². The Balaban J connectivity index is 1.98. The van der Waals surface area contributed by atoms with E-state index in [-0.39, 0.29) is 17.5 Å². The third-order valence-electron chi connectivity index (χ3n) is 3.16. The number of amides is 2. The number of benzene rings is 1. The third-order valence-corrected chi connectivity index (χ3v) is 3.16. The van der Waals surface area contributed by atoms with Gasteiger partial charge in [0.25, 0.3) is 5.91 Å². The second kappa shape index (κ2) is 8.61. The van der Waals surface area contributed by atoms with Crippen molar-refractivity contribution >= 4 is 29.0 Å². The first-order chi connectivity index (χ1) is 11.6. The van der Waals surface area contributed by atoms with Crippen LogP contribution in [0.4, 0.5) is 17.2 Å². The van der Waals surface area contributed by atoms with Gasteiger partial charge < -0.3 is 16.0 Å². The number of carbonyl (C=O) groups is 2. The summed E-state index contributed by atoms with van der Waals surface area (Å²) in [6.45, 7) is 4.15. The first-order valence-corrected chi connectivity index (χ1v) is 7.83. The molecule has 0 atom stereocenters. The highest BCUT2D eigenvalue weighted by molar-refractivity contribution is 5.92. The molecule has 0 spiro atoms. The van der Waals surface area contributed by atoms with E-state index in [2.05, 4.69) is 32.8 Å². The van der Waals surface area contributed by atoms with Gasteiger partial charge in [0.05, 0.1) is 12.4 Å². The van der Waals surface area contributed by atoms with Gasteiger partial charge in [0.1, 0.15) is 11.5 Å². The fourth-order valence-corrected chi connectivity index (χ4v) is 2.00. The Morgan fingerprint density at radius 2 is 1.92 bits per heavy atom. The molecule has 24 heavy (non-hydrogen) atoms. The second-order valence-electron chi connectivity index (χ2n) is 5.28. The van der Waals surface area contributed by atoms with Gasteiger partial charge in [0.15, 0.2) is 0 Å². The predicted octanol–water partition coefficient (Wildman–Crippen LogP) is 2.71. The predicted molar refractivity (Wildman–Crippen MR) is 93.3 cm³/mol. The molecular formula is C17H21N5O2. The molecule has 0 saturated carbocycles. The Bertz CT molecular complexity index is 700. The summed E-state index contributed by atoms with van der Waals surface area (Å²) in [5, 5.41) is 8.58. The van der Waals surface area contributed by atoms with Gasteiger partial charge in [0.2, 0.25) is 5.91 Å². The highest BCUT2D eigenvalue weighted by atomic mass is 16.2. The summed E-state index contributed by atoms with van der Waals surface area (Å²) in [7, 11) is 0. The Kier molecular flexibility index (Phi) is 6.24. The van der Waals surface area contributed by atoms with Gasteiger partial charge in [-0.15, -0.1) is 0 Å². The number of nitrogens with zero attached hydrogens (tertiary/aromatic N) is 2. The molecule has 2 amide bonds. The normalized spacial score (nSPS) is 10.1. The van der Waals surface area contributed by atoms with E-state index in [9.17, 15) is 9.59 Å². The van der Waals surface area contributed by atoms with E-state index in [4.69, 9.17) is 0 Å². The van der Waals surface area contributed by atoms with Crippen LogP contribution in [0.25, 0.3) is 0 Å². The summed E-state index contributed by atoms with van der Waals surface area (Å²) < 4.78 is 0. The van der Waals surface area contributed by atoms with Crippen molar-refractivity contribution in [1.29, 1.82) is 0 Å². The van der Waals surface area contributed by atoms with Gasteiger partial charge >= 0.3 is 0 Å². The van der Waals surface area contributed by atoms with Crippen molar-refractivity contribution in [1.82, 2.24) is 15.3 Å². The minimum absolute atomic E-state index is 0.134. The molecule has 1 heterocycles. The molecule has 0 saturated heterocycles. The number of rotatable bonds is 7. The van der Waals surface area contributed by atoms with E-state index in [1.54, 1.807) is 12.1 Å². The standard InChI is InChI=1S/C17H21N5O2/c1-3-4-8-18-17(24)15-10-20-16(11-19-15)22-14-7-5-6-13(9-14)21-12(2)23/h5-7,9-11H,3-4,8H2,1-2H3,(H,18,24)(H,20,22)(H,21,23). The maximum absolute atomic E-state index is 11.9. The fourth-order valence-electron chi connectivity index (χ4n) is 2.00. The number of nitrogens with one attached hydrogen (secondary N) is 3. The maximum Gasteiger partial charge on any atom is 0.271 e. The van der Waals surface area contributed by atoms with Crippen molar-refractivity contribution in [2.45, 2.75) is 26.7 Å². The van der Waals surface area contributed by atoms with Crippen LogP contribution >= 0.6 is 0 Å². The molecule has 2 rings (SSSR count). The van der Waals surface area contributed by atoms with Crippen LogP contribution in [-0.4, -0.2) is 28.3 Å². The highest BCUT2D eigenvalue weighted by Gasteiger charge is 2.07. The quantitative estimate of drug-likeness (QED) is 0.680. The van der Waals surface area contributed by atoms with Gasteiger partial charge in [-0.2, -0.15) is 0 Å². The summed E-state index contributed by atoms with van der Waals surface area (Å²) in [5.74, 6) is 0.153. The minimum atomic E-state index is -0.227. The van der Waals surface area contributed by atoms with Crippen LogP contribution in [0.3, 0.4) is 0 Å². The lowest BCUT2D eigenvalue weighted by molar-refractivity contribution is -0.114. The molecule has 7 heteroatoms. The Morgan fingerprint density at radius 1 is 1.12 bits per heavy atom. The molecule has 0 unspecified atom stereocenters. The van der Waals surface area contributed by atoms with E-state index in [1.807, 2.05) is 12.1 Å². The number of aromatic nitrogens is 2. The van der Waals surface area contributed by atoms with Crippen LogP contribution in [-0.2, 0) is 4.79 Å². The lowest BCUT2D eigenvalue weighted by Gasteiger charge is -2.08. The van der Waals surface area contributed by atoms with Crippen LogP contribution in [0.15, 0.2) is 36.7 Å². The zero-order valence-electron chi connectivity index (χ0n) is 13.8. The first kappa shape index (κ1) is 17.4. The number of unbranched alkanes of at least 4 members (excludes halogenated alkanes) is 1. The van der Waals surface area contributed by atoms with Crippen molar-refractivity contribution in [2.24, 2.45) is 0 Å². The average molecular weight is 327 g/mol. The largest absolute Gasteiger partial charge is 0.351 e. The molecule has 0 bridgehead atoms. The monoisotopic (exact) mass is 327 g/mol. The van der Waals surface area contributed by atoms with Gasteiger partial charge in [-0.3, -0.25) is 9.59 Å². The summed E-state index contributed by atoms with van der Waals surface area (Å²) in [4.78, 5) is 31.3. The van der Waals surface area contributed by atoms with Crippen LogP contribution in [0, 0.1) is 0 Å². The average Bonchev–Trinajstić information content (AvgIpc) is 2.55. The molecule has 0 fully saturated rings. The number of hydrogen-bond acceptors (Lipinski definition) is 5. The number of hydrogen-bond donors (Lipinski definition) is 3. The summed E-state index contributed by atoms with van der Waals surface area (Å²) in [6, 6.07) is 7.24. The lowest BCUT2D eigenvalue weighted by Crippen LogP contribution is -2.25. The minimum Gasteiger partial charge on any atom is -0.351 e. The second-order valence-corrected chi connectivity index (χ2v) is 5.28. The summed E-state index contributed by atoms with van der Waals surface area (Å²) in [6.07, 6.45) is 4.89. The van der Waals surface area contributed by atoms with E-state index in [1.165, 1.54) is 19.3 Å². The van der Waals surface area contributed by atoms with Gasteiger partial charge in [0, 0.05) is 24.8 Å². The molecule has 1 aromatic carbocycles. The van der Waals surface area contributed by atoms with Gasteiger partial charge in [-0.05, 0) is 24.6 Å². The Hall–Kier alpha value is -2.96. The zero-order chi connectivity index (χ0) is 17.4. The summed E-state index contributed by atoms with van der Waals surface area (Å²) in [5.41, 5.74) is 1.73. The van der Waals surface area contributed by atoms with Crippen LogP contribution in [0.1, 0.15) is 37.2 Å². The fraction of sp³-hybridized carbons (Fsp3) is 0.294. The van der Waals surface area contributed by atoms with Crippen molar-refractivity contribution < 1.29 is 9.59 Å². The molecule has 0 radical (unpaired) electrons. The summed E-state index contributed by atoms with van der Waals surface area (Å²) >= 11 is 0. The van der Waals surface area contributed by atoms with Gasteiger partial charge in [-0.25, -0.2) is 9.97 Å². The zero-order valence-corrected chi connectivity index (χ0v) is 13.8. The van der Waals surface area contributed by atoms with Crippen molar-refractivity contribution in [3.63, 3.8) is 0 Å². The van der Waals surface area contributed by atoms with E-state index in [0.717, 1.165) is 18.5 Å².